The van der Waals surface area contributed by atoms with Gasteiger partial charge in [-0.05, 0) is 20.8 Å². The summed E-state index contributed by atoms with van der Waals surface area (Å²) >= 11 is 1.72. The Kier molecular flexibility index (Phi) is 12.4. The van der Waals surface area contributed by atoms with Crippen LogP contribution in [0.4, 0.5) is 4.79 Å². The molecule has 0 aromatic rings. The zero-order valence-corrected chi connectivity index (χ0v) is 11.9. The maximum Gasteiger partial charge on any atom is 0.407 e. The zero-order chi connectivity index (χ0) is 13.0. The standard InChI is InChI=1S/C9H20N2O2S.C2H6/c1-9(2,3)13-8(12)11-5-7-14-6-4-10;1-2/h4-7,10H2,1-3H3,(H,11,12);1-2H3. The van der Waals surface area contributed by atoms with Gasteiger partial charge in [-0.15, -0.1) is 0 Å². The summed E-state index contributed by atoms with van der Waals surface area (Å²) in [5.41, 5.74) is 4.90. The van der Waals surface area contributed by atoms with E-state index < -0.39 is 5.60 Å². The molecule has 0 rings (SSSR count). The van der Waals surface area contributed by atoms with E-state index >= 15 is 0 Å². The number of hydrogen-bond donors (Lipinski definition) is 2. The second kappa shape index (κ2) is 11.1. The molecular weight excluding hydrogens is 224 g/mol. The van der Waals surface area contributed by atoms with Gasteiger partial charge in [0.15, 0.2) is 0 Å². The van der Waals surface area contributed by atoms with E-state index in [-0.39, 0.29) is 6.09 Å². The van der Waals surface area contributed by atoms with Crippen LogP contribution in [-0.4, -0.2) is 36.3 Å². The molecular formula is C11H26N2O2S. The molecule has 0 saturated heterocycles. The van der Waals surface area contributed by atoms with E-state index in [4.69, 9.17) is 10.5 Å². The molecule has 0 aliphatic rings. The molecule has 5 heteroatoms. The molecule has 0 fully saturated rings. The number of nitrogens with one attached hydrogen (secondary N) is 1. The SMILES string of the molecule is CC.CC(C)(C)OC(=O)NCCSCCN. The van der Waals surface area contributed by atoms with Crippen molar-refractivity contribution in [3.05, 3.63) is 0 Å². The highest BCUT2D eigenvalue weighted by atomic mass is 32.2. The first-order chi connectivity index (χ1) is 7.45. The highest BCUT2D eigenvalue weighted by Gasteiger charge is 2.15. The lowest BCUT2D eigenvalue weighted by Crippen LogP contribution is -2.33. The van der Waals surface area contributed by atoms with Crippen LogP contribution in [0.5, 0.6) is 0 Å². The van der Waals surface area contributed by atoms with Gasteiger partial charge >= 0.3 is 6.09 Å². The Morgan fingerprint density at radius 2 is 1.88 bits per heavy atom. The van der Waals surface area contributed by atoms with E-state index in [0.29, 0.717) is 13.1 Å². The fraction of sp³-hybridized carbons (Fsp3) is 0.909. The van der Waals surface area contributed by atoms with Crippen molar-refractivity contribution in [2.45, 2.75) is 40.2 Å². The summed E-state index contributed by atoms with van der Waals surface area (Å²) in [6, 6.07) is 0. The van der Waals surface area contributed by atoms with E-state index in [1.165, 1.54) is 0 Å². The van der Waals surface area contributed by atoms with Crippen LogP contribution in [0.25, 0.3) is 0 Å². The largest absolute Gasteiger partial charge is 0.444 e. The summed E-state index contributed by atoms with van der Waals surface area (Å²) in [5.74, 6) is 1.80. The van der Waals surface area contributed by atoms with Gasteiger partial charge in [-0.3, -0.25) is 0 Å². The summed E-state index contributed by atoms with van der Waals surface area (Å²) < 4.78 is 5.06. The number of ether oxygens (including phenoxy) is 1. The van der Waals surface area contributed by atoms with Crippen LogP contribution in [0, 0.1) is 0 Å². The Bertz CT molecular complexity index is 170. The number of hydrogen-bond acceptors (Lipinski definition) is 4. The molecule has 1 amide bonds. The topological polar surface area (TPSA) is 64.3 Å². The first-order valence-corrected chi connectivity index (χ1v) is 6.86. The van der Waals surface area contributed by atoms with E-state index in [1.807, 2.05) is 34.6 Å². The van der Waals surface area contributed by atoms with E-state index in [1.54, 1.807) is 11.8 Å². The van der Waals surface area contributed by atoms with Gasteiger partial charge in [0, 0.05) is 24.6 Å². The normalized spacial score (nSPS) is 10.1. The third kappa shape index (κ3) is 16.0. The minimum absolute atomic E-state index is 0.356. The lowest BCUT2D eigenvalue weighted by Gasteiger charge is -2.19. The van der Waals surface area contributed by atoms with Crippen molar-refractivity contribution in [3.8, 4) is 0 Å². The molecule has 0 atom stereocenters. The lowest BCUT2D eigenvalue weighted by molar-refractivity contribution is 0.0531. The van der Waals surface area contributed by atoms with Gasteiger partial charge in [0.1, 0.15) is 5.60 Å². The molecule has 0 aromatic carbocycles. The number of amides is 1. The Labute approximate surface area is 104 Å². The Hall–Kier alpha value is -0.420. The van der Waals surface area contributed by atoms with Gasteiger partial charge in [0.05, 0.1) is 0 Å². The number of carbonyl (C=O) groups excluding carboxylic acids is 1. The maximum atomic E-state index is 11.1. The lowest BCUT2D eigenvalue weighted by atomic mass is 10.2. The van der Waals surface area contributed by atoms with E-state index in [2.05, 4.69) is 5.32 Å². The first-order valence-electron chi connectivity index (χ1n) is 5.70. The zero-order valence-electron chi connectivity index (χ0n) is 11.1. The van der Waals surface area contributed by atoms with E-state index in [9.17, 15) is 4.79 Å². The summed E-state index contributed by atoms with van der Waals surface area (Å²) in [6.45, 7) is 10.8. The molecule has 0 bridgehead atoms. The molecule has 4 nitrogen and oxygen atoms in total. The van der Waals surface area contributed by atoms with E-state index in [0.717, 1.165) is 11.5 Å². The smallest absolute Gasteiger partial charge is 0.407 e. The van der Waals surface area contributed by atoms with Gasteiger partial charge in [-0.2, -0.15) is 11.8 Å². The fourth-order valence-electron chi connectivity index (χ4n) is 0.725. The molecule has 0 radical (unpaired) electrons. The third-order valence-electron chi connectivity index (χ3n) is 1.18. The monoisotopic (exact) mass is 250 g/mol. The molecule has 3 N–H and O–H groups in total. The molecule has 0 aromatic heterocycles. The Morgan fingerprint density at radius 1 is 1.31 bits per heavy atom. The average Bonchev–Trinajstić information content (AvgIpc) is 2.18. The summed E-state index contributed by atoms with van der Waals surface area (Å²) in [6.07, 6.45) is -0.356. The molecule has 0 aliphatic heterocycles. The van der Waals surface area contributed by atoms with Gasteiger partial charge < -0.3 is 15.8 Å². The van der Waals surface area contributed by atoms with Crippen LogP contribution in [0.15, 0.2) is 0 Å². The molecule has 16 heavy (non-hydrogen) atoms. The summed E-state index contributed by atoms with van der Waals surface area (Å²) in [4.78, 5) is 11.1. The second-order valence-corrected chi connectivity index (χ2v) is 5.05. The van der Waals surface area contributed by atoms with Crippen LogP contribution in [-0.2, 0) is 4.74 Å². The van der Waals surface area contributed by atoms with Crippen molar-refractivity contribution in [2.75, 3.05) is 24.6 Å². The van der Waals surface area contributed by atoms with Gasteiger partial charge in [0.2, 0.25) is 0 Å². The van der Waals surface area contributed by atoms with Crippen LogP contribution in [0.2, 0.25) is 0 Å². The molecule has 0 saturated carbocycles. The summed E-state index contributed by atoms with van der Waals surface area (Å²) in [7, 11) is 0. The van der Waals surface area contributed by atoms with Crippen LogP contribution in [0.3, 0.4) is 0 Å². The Morgan fingerprint density at radius 3 is 2.31 bits per heavy atom. The first kappa shape index (κ1) is 18.0. The number of thioether (sulfide) groups is 1. The van der Waals surface area contributed by atoms with Crippen LogP contribution >= 0.6 is 11.8 Å². The second-order valence-electron chi connectivity index (χ2n) is 3.83. The highest BCUT2D eigenvalue weighted by molar-refractivity contribution is 7.99. The third-order valence-corrected chi connectivity index (χ3v) is 2.19. The van der Waals surface area contributed by atoms with Gasteiger partial charge in [-0.1, -0.05) is 13.8 Å². The molecule has 0 heterocycles. The minimum Gasteiger partial charge on any atom is -0.444 e. The number of rotatable bonds is 5. The summed E-state index contributed by atoms with van der Waals surface area (Å²) in [5, 5.41) is 2.68. The van der Waals surface area contributed by atoms with Crippen molar-refractivity contribution in [2.24, 2.45) is 5.73 Å². The maximum absolute atomic E-state index is 11.1. The van der Waals surface area contributed by atoms with Crippen molar-refractivity contribution in [1.29, 1.82) is 0 Å². The van der Waals surface area contributed by atoms with Crippen molar-refractivity contribution < 1.29 is 9.53 Å². The fourth-order valence-corrected chi connectivity index (χ4v) is 1.34. The molecule has 0 aliphatic carbocycles. The van der Waals surface area contributed by atoms with Crippen LogP contribution < -0.4 is 11.1 Å². The number of alkyl carbamates (subject to hydrolysis) is 1. The minimum atomic E-state index is -0.422. The van der Waals surface area contributed by atoms with Gasteiger partial charge in [0.25, 0.3) is 0 Å². The molecule has 0 unspecified atom stereocenters. The van der Waals surface area contributed by atoms with Crippen molar-refractivity contribution in [1.82, 2.24) is 5.32 Å². The molecule has 98 valence electrons. The quantitative estimate of drug-likeness (QED) is 0.734. The highest BCUT2D eigenvalue weighted by Crippen LogP contribution is 2.06. The van der Waals surface area contributed by atoms with Gasteiger partial charge in [-0.25, -0.2) is 4.79 Å². The van der Waals surface area contributed by atoms with Crippen molar-refractivity contribution in [3.63, 3.8) is 0 Å². The molecule has 0 spiro atoms. The predicted octanol–water partition coefficient (Wildman–Crippen LogP) is 2.23. The number of carbonyl (C=O) groups is 1. The number of nitrogens with two attached hydrogens (primary N) is 1. The predicted molar refractivity (Wildman–Crippen MR) is 72.0 cm³/mol. The van der Waals surface area contributed by atoms with Crippen molar-refractivity contribution >= 4 is 17.9 Å². The Balaban J connectivity index is 0. The average molecular weight is 250 g/mol. The van der Waals surface area contributed by atoms with Crippen LogP contribution in [0.1, 0.15) is 34.6 Å².